The highest BCUT2D eigenvalue weighted by atomic mass is 31.2. The highest BCUT2D eigenvalue weighted by Crippen LogP contribution is 2.33. The van der Waals surface area contributed by atoms with Crippen LogP contribution in [0.2, 0.25) is 0 Å². The fourth-order valence-electron chi connectivity index (χ4n) is 2.34. The van der Waals surface area contributed by atoms with Crippen molar-refractivity contribution in [1.82, 2.24) is 5.32 Å². The molecule has 1 heterocycles. The SMILES string of the molecule is COCCOCCOCCC(=O)N[C@H]1C(O)[C@@H](O)C(CO)O[C@@H]1OP(=O)([O-])[O-]. The Labute approximate surface area is 161 Å². The number of methoxy groups -OCH3 is 1. The average molecular weight is 431 g/mol. The monoisotopic (exact) mass is 431 g/mol. The molecule has 28 heavy (non-hydrogen) atoms. The van der Waals surface area contributed by atoms with Crippen molar-refractivity contribution in [3.8, 4) is 0 Å². The minimum atomic E-state index is -5.54. The number of carbonyl (C=O) groups excluding carboxylic acids is 1. The molecule has 0 aromatic heterocycles. The van der Waals surface area contributed by atoms with Crippen LogP contribution in [-0.4, -0.2) is 98.6 Å². The van der Waals surface area contributed by atoms with E-state index in [1.807, 2.05) is 0 Å². The molecule has 0 spiro atoms. The molecule has 0 bridgehead atoms. The van der Waals surface area contributed by atoms with E-state index in [0.717, 1.165) is 0 Å². The molecule has 0 radical (unpaired) electrons. The van der Waals surface area contributed by atoms with Gasteiger partial charge in [0.05, 0.1) is 47.5 Å². The zero-order valence-electron chi connectivity index (χ0n) is 15.3. The first-order valence-electron chi connectivity index (χ1n) is 8.46. The van der Waals surface area contributed by atoms with E-state index in [1.165, 1.54) is 7.11 Å². The van der Waals surface area contributed by atoms with Crippen LogP contribution in [-0.2, 0) is 32.8 Å². The third-order valence-electron chi connectivity index (χ3n) is 3.72. The normalized spacial score (nSPS) is 28.3. The van der Waals surface area contributed by atoms with Crippen LogP contribution in [0.3, 0.4) is 0 Å². The first kappa shape index (κ1) is 25.3. The topological polar surface area (TPSA) is 199 Å². The summed E-state index contributed by atoms with van der Waals surface area (Å²) in [5, 5.41) is 31.3. The van der Waals surface area contributed by atoms with E-state index in [9.17, 15) is 29.4 Å². The average Bonchev–Trinajstić information content (AvgIpc) is 2.62. The van der Waals surface area contributed by atoms with Gasteiger partial charge in [0.2, 0.25) is 5.91 Å². The number of nitrogens with one attached hydrogen (secondary N) is 1. The fraction of sp³-hybridized carbons (Fsp3) is 0.929. The zero-order valence-corrected chi connectivity index (χ0v) is 16.2. The Morgan fingerprint density at radius 3 is 2.29 bits per heavy atom. The summed E-state index contributed by atoms with van der Waals surface area (Å²) in [7, 11) is -4.00. The van der Waals surface area contributed by atoms with Crippen molar-refractivity contribution in [2.45, 2.75) is 37.1 Å². The fourth-order valence-corrected chi connectivity index (χ4v) is 2.78. The molecule has 4 N–H and O–H groups in total. The van der Waals surface area contributed by atoms with Gasteiger partial charge >= 0.3 is 0 Å². The maximum atomic E-state index is 12.0. The second-order valence-corrected chi connectivity index (χ2v) is 6.93. The summed E-state index contributed by atoms with van der Waals surface area (Å²) in [6.45, 7) is 0.596. The smallest absolute Gasteiger partial charge is 0.222 e. The van der Waals surface area contributed by atoms with Gasteiger partial charge in [-0.2, -0.15) is 0 Å². The molecule has 5 atom stereocenters. The van der Waals surface area contributed by atoms with E-state index in [1.54, 1.807) is 0 Å². The Bertz CT molecular complexity index is 503. The molecular weight excluding hydrogens is 405 g/mol. The zero-order chi connectivity index (χ0) is 21.2. The number of phosphoric ester groups is 1. The van der Waals surface area contributed by atoms with Gasteiger partial charge in [-0.15, -0.1) is 0 Å². The van der Waals surface area contributed by atoms with Crippen molar-refractivity contribution in [2.24, 2.45) is 0 Å². The highest BCUT2D eigenvalue weighted by Gasteiger charge is 2.45. The molecule has 14 heteroatoms. The van der Waals surface area contributed by atoms with E-state index in [0.29, 0.717) is 19.8 Å². The Hall–Kier alpha value is -0.700. The summed E-state index contributed by atoms with van der Waals surface area (Å²) >= 11 is 0. The number of hydrogen-bond acceptors (Lipinski definition) is 12. The molecule has 1 aliphatic heterocycles. The maximum absolute atomic E-state index is 12.0. The number of ether oxygens (including phenoxy) is 4. The molecule has 166 valence electrons. The van der Waals surface area contributed by atoms with Gasteiger partial charge in [0.25, 0.3) is 0 Å². The molecule has 2 unspecified atom stereocenters. The van der Waals surface area contributed by atoms with Gasteiger partial charge in [-0.05, 0) is 0 Å². The molecule has 13 nitrogen and oxygen atoms in total. The van der Waals surface area contributed by atoms with E-state index >= 15 is 0 Å². The van der Waals surface area contributed by atoms with Crippen LogP contribution in [0.1, 0.15) is 6.42 Å². The summed E-state index contributed by atoms with van der Waals surface area (Å²) in [4.78, 5) is 33.7. The number of aliphatic hydroxyl groups is 3. The van der Waals surface area contributed by atoms with Gasteiger partial charge in [0.1, 0.15) is 24.4 Å². The highest BCUT2D eigenvalue weighted by molar-refractivity contribution is 7.43. The Morgan fingerprint density at radius 2 is 1.71 bits per heavy atom. The molecule has 0 aliphatic carbocycles. The van der Waals surface area contributed by atoms with Crippen LogP contribution in [0, 0.1) is 0 Å². The van der Waals surface area contributed by atoms with Crippen molar-refractivity contribution >= 4 is 13.7 Å². The number of rotatable bonds is 13. The van der Waals surface area contributed by atoms with Crippen molar-refractivity contribution < 1.29 is 57.9 Å². The maximum Gasteiger partial charge on any atom is 0.222 e. The van der Waals surface area contributed by atoms with Gasteiger partial charge in [-0.3, -0.25) is 4.79 Å². The van der Waals surface area contributed by atoms with E-state index in [4.69, 9.17) is 24.1 Å². The predicted molar refractivity (Wildman–Crippen MR) is 86.5 cm³/mol. The largest absolute Gasteiger partial charge is 0.790 e. The van der Waals surface area contributed by atoms with Crippen LogP contribution in [0.5, 0.6) is 0 Å². The van der Waals surface area contributed by atoms with Gasteiger partial charge in [-0.25, -0.2) is 0 Å². The van der Waals surface area contributed by atoms with Crippen molar-refractivity contribution in [3.05, 3.63) is 0 Å². The van der Waals surface area contributed by atoms with Gasteiger partial charge < -0.3 is 58.5 Å². The lowest BCUT2D eigenvalue weighted by molar-refractivity contribution is -0.362. The van der Waals surface area contributed by atoms with Crippen LogP contribution in [0.4, 0.5) is 0 Å². The van der Waals surface area contributed by atoms with Crippen molar-refractivity contribution in [3.63, 3.8) is 0 Å². The van der Waals surface area contributed by atoms with Crippen LogP contribution in [0.15, 0.2) is 0 Å². The minimum Gasteiger partial charge on any atom is -0.790 e. The van der Waals surface area contributed by atoms with Gasteiger partial charge in [0, 0.05) is 13.5 Å². The first-order valence-corrected chi connectivity index (χ1v) is 9.92. The lowest BCUT2D eigenvalue weighted by Crippen LogP contribution is -2.64. The number of hydrogen-bond donors (Lipinski definition) is 4. The second kappa shape index (κ2) is 12.8. The van der Waals surface area contributed by atoms with Crippen molar-refractivity contribution in [2.75, 3.05) is 46.8 Å². The summed E-state index contributed by atoms with van der Waals surface area (Å²) < 4.78 is 35.2. The third kappa shape index (κ3) is 9.20. The lowest BCUT2D eigenvalue weighted by Gasteiger charge is -2.45. The summed E-state index contributed by atoms with van der Waals surface area (Å²) in [5.74, 6) is -0.678. The molecule has 1 amide bonds. The van der Waals surface area contributed by atoms with Crippen LogP contribution in [0.25, 0.3) is 0 Å². The van der Waals surface area contributed by atoms with E-state index in [-0.39, 0.29) is 19.6 Å². The summed E-state index contributed by atoms with van der Waals surface area (Å²) in [5.41, 5.74) is 0. The Balaban J connectivity index is 2.48. The molecule has 0 saturated carbocycles. The third-order valence-corrected chi connectivity index (χ3v) is 4.18. The van der Waals surface area contributed by atoms with Crippen LogP contribution < -0.4 is 15.1 Å². The number of amides is 1. The molecule has 1 aliphatic rings. The molecule has 1 fully saturated rings. The molecule has 0 aromatic rings. The predicted octanol–water partition coefficient (Wildman–Crippen LogP) is -4.17. The molecule has 1 saturated heterocycles. The Kier molecular flexibility index (Phi) is 11.6. The first-order chi connectivity index (χ1) is 13.2. The van der Waals surface area contributed by atoms with Gasteiger partial charge in [0.15, 0.2) is 6.29 Å². The van der Waals surface area contributed by atoms with E-state index < -0.39 is 51.0 Å². The molecule has 0 aromatic carbocycles. The summed E-state index contributed by atoms with van der Waals surface area (Å²) in [6, 6.07) is -1.56. The van der Waals surface area contributed by atoms with Crippen molar-refractivity contribution in [1.29, 1.82) is 0 Å². The van der Waals surface area contributed by atoms with Crippen LogP contribution >= 0.6 is 7.82 Å². The number of aliphatic hydroxyl groups excluding tert-OH is 3. The number of phosphoric acid groups is 1. The second-order valence-electron chi connectivity index (χ2n) is 5.82. The quantitative estimate of drug-likeness (QED) is 0.162. The minimum absolute atomic E-state index is 0.00189. The standard InChI is InChI=1S/C14H28NO12P/c1-23-4-5-25-7-6-24-3-2-10(17)15-11-13(19)12(18)9(8-16)26-14(11)27-28(20,21)22/h9,11-14,16,18-19H,2-8H2,1H3,(H,15,17)(H2,20,21,22)/p-2/t9?,11-,12-,13?,14+/m0/s1. The summed E-state index contributed by atoms with van der Waals surface area (Å²) in [6.07, 6.45) is -6.87. The van der Waals surface area contributed by atoms with Gasteiger partial charge in [-0.1, -0.05) is 0 Å². The lowest BCUT2D eigenvalue weighted by atomic mass is 9.97. The molecule has 1 rings (SSSR count). The number of carbonyl (C=O) groups is 1. The van der Waals surface area contributed by atoms with E-state index in [2.05, 4.69) is 9.84 Å². The molecular formula is C14H26NO12P-2. The Morgan fingerprint density at radius 1 is 1.11 bits per heavy atom.